The quantitative estimate of drug-likeness (QED) is 0.864. The number of thiophene rings is 1. The van der Waals surface area contributed by atoms with Gasteiger partial charge in [-0.15, -0.1) is 11.3 Å². The molecule has 3 rings (SSSR count). The van der Waals surface area contributed by atoms with E-state index in [9.17, 15) is 14.3 Å². The highest BCUT2D eigenvalue weighted by Gasteiger charge is 2.36. The molecule has 1 aromatic carbocycles. The minimum Gasteiger partial charge on any atom is -0.494 e. The molecule has 1 saturated heterocycles. The van der Waals surface area contributed by atoms with Gasteiger partial charge in [-0.1, -0.05) is 12.5 Å². The summed E-state index contributed by atoms with van der Waals surface area (Å²) >= 11 is 1.63. The van der Waals surface area contributed by atoms with Crippen LogP contribution in [0.5, 0.6) is 5.75 Å². The number of halogens is 1. The van der Waals surface area contributed by atoms with Gasteiger partial charge in [0.1, 0.15) is 6.04 Å². The number of hydrogen-bond donors (Lipinski definition) is 1. The molecule has 0 aliphatic carbocycles. The summed E-state index contributed by atoms with van der Waals surface area (Å²) in [6.45, 7) is 2.71. The van der Waals surface area contributed by atoms with Crippen LogP contribution >= 0.6 is 11.3 Å². The Morgan fingerprint density at radius 2 is 2.16 bits per heavy atom. The Bertz CT molecular complexity index is 761. The van der Waals surface area contributed by atoms with Gasteiger partial charge < -0.3 is 9.84 Å². The molecule has 1 aliphatic heterocycles. The Morgan fingerprint density at radius 3 is 2.76 bits per heavy atom. The molecule has 0 radical (unpaired) electrons. The van der Waals surface area contributed by atoms with Crippen molar-refractivity contribution in [2.45, 2.75) is 38.3 Å². The number of ether oxygens (including phenoxy) is 1. The molecule has 1 aromatic heterocycles. The smallest absolute Gasteiger partial charge is 0.320 e. The number of benzene rings is 1. The van der Waals surface area contributed by atoms with Crippen molar-refractivity contribution in [3.8, 4) is 5.75 Å². The summed E-state index contributed by atoms with van der Waals surface area (Å²) in [6, 6.07) is 8.12. The predicted octanol–water partition coefficient (Wildman–Crippen LogP) is 4.23. The van der Waals surface area contributed by atoms with Crippen LogP contribution in [0.15, 0.2) is 30.3 Å². The third-order valence-electron chi connectivity index (χ3n) is 4.68. The van der Waals surface area contributed by atoms with Crippen LogP contribution in [0, 0.1) is 12.7 Å². The number of carboxylic acid groups (broad SMARTS) is 1. The first-order valence-corrected chi connectivity index (χ1v) is 9.21. The largest absolute Gasteiger partial charge is 0.494 e. The lowest BCUT2D eigenvalue weighted by Gasteiger charge is -2.39. The summed E-state index contributed by atoms with van der Waals surface area (Å²) in [4.78, 5) is 16.0. The third-order valence-corrected chi connectivity index (χ3v) is 5.74. The van der Waals surface area contributed by atoms with Crippen LogP contribution in [0.1, 0.15) is 40.6 Å². The van der Waals surface area contributed by atoms with Crippen LogP contribution in [0.2, 0.25) is 0 Å². The Hall–Kier alpha value is -1.92. The van der Waals surface area contributed by atoms with E-state index in [0.29, 0.717) is 13.0 Å². The van der Waals surface area contributed by atoms with E-state index < -0.39 is 17.8 Å². The van der Waals surface area contributed by atoms with Gasteiger partial charge in [0.25, 0.3) is 0 Å². The van der Waals surface area contributed by atoms with Crippen molar-refractivity contribution in [2.24, 2.45) is 0 Å². The number of aliphatic carboxylic acids is 1. The molecule has 0 spiro atoms. The average Bonchev–Trinajstić information content (AvgIpc) is 3.01. The number of carboxylic acids is 1. The fraction of sp³-hybridized carbons (Fsp3) is 0.421. The fourth-order valence-electron chi connectivity index (χ4n) is 3.50. The van der Waals surface area contributed by atoms with Crippen LogP contribution in [0.4, 0.5) is 4.39 Å². The number of likely N-dealkylation sites (tertiary alicyclic amines) is 1. The molecule has 0 bridgehead atoms. The van der Waals surface area contributed by atoms with Crippen LogP contribution in [-0.4, -0.2) is 35.7 Å². The highest BCUT2D eigenvalue weighted by Crippen LogP contribution is 2.38. The van der Waals surface area contributed by atoms with Crippen LogP contribution in [-0.2, 0) is 4.79 Å². The number of aryl methyl sites for hydroxylation is 1. The Kier molecular flexibility index (Phi) is 5.39. The first-order chi connectivity index (χ1) is 12.0. The van der Waals surface area contributed by atoms with Gasteiger partial charge in [0.15, 0.2) is 11.6 Å². The van der Waals surface area contributed by atoms with Crippen molar-refractivity contribution in [1.29, 1.82) is 0 Å². The maximum atomic E-state index is 14.3. The standard InChI is InChI=1S/C19H22FNO3S/c1-12-6-9-17(25-12)18(13-7-8-16(24-2)14(20)11-13)21-10-4-3-5-15(21)19(22)23/h6-9,11,15,18H,3-5,10H2,1-2H3,(H,22,23). The molecule has 25 heavy (non-hydrogen) atoms. The van der Waals surface area contributed by atoms with Gasteiger partial charge in [-0.25, -0.2) is 4.39 Å². The molecule has 2 heterocycles. The molecule has 1 N–H and O–H groups in total. The van der Waals surface area contributed by atoms with E-state index in [1.807, 2.05) is 30.0 Å². The minimum atomic E-state index is -0.813. The summed E-state index contributed by atoms with van der Waals surface area (Å²) in [6.07, 6.45) is 2.47. The number of carbonyl (C=O) groups is 1. The molecule has 1 fully saturated rings. The summed E-state index contributed by atoms with van der Waals surface area (Å²) in [5.41, 5.74) is 0.758. The number of piperidine rings is 1. The lowest BCUT2D eigenvalue weighted by Crippen LogP contribution is -2.46. The van der Waals surface area contributed by atoms with E-state index in [-0.39, 0.29) is 11.8 Å². The summed E-state index contributed by atoms with van der Waals surface area (Å²) in [7, 11) is 1.43. The summed E-state index contributed by atoms with van der Waals surface area (Å²) in [5, 5.41) is 9.66. The number of nitrogens with zero attached hydrogens (tertiary/aromatic N) is 1. The maximum Gasteiger partial charge on any atom is 0.320 e. The van der Waals surface area contributed by atoms with E-state index in [0.717, 1.165) is 28.2 Å². The molecule has 2 unspecified atom stereocenters. The lowest BCUT2D eigenvalue weighted by atomic mass is 9.95. The van der Waals surface area contributed by atoms with Crippen molar-refractivity contribution in [3.63, 3.8) is 0 Å². The van der Waals surface area contributed by atoms with Gasteiger partial charge in [-0.2, -0.15) is 0 Å². The van der Waals surface area contributed by atoms with Crippen molar-refractivity contribution in [3.05, 3.63) is 51.5 Å². The summed E-state index contributed by atoms with van der Waals surface area (Å²) < 4.78 is 19.3. The number of rotatable bonds is 5. The Labute approximate surface area is 150 Å². The van der Waals surface area contributed by atoms with Gasteiger partial charge in [0.2, 0.25) is 0 Å². The second-order valence-corrected chi connectivity index (χ2v) is 7.65. The number of hydrogen-bond acceptors (Lipinski definition) is 4. The van der Waals surface area contributed by atoms with E-state index in [4.69, 9.17) is 4.74 Å². The molecule has 1 aliphatic rings. The van der Waals surface area contributed by atoms with Gasteiger partial charge in [0, 0.05) is 9.75 Å². The summed E-state index contributed by atoms with van der Waals surface area (Å²) in [5.74, 6) is -1.05. The zero-order chi connectivity index (χ0) is 18.0. The van der Waals surface area contributed by atoms with Gasteiger partial charge >= 0.3 is 5.97 Å². The lowest BCUT2D eigenvalue weighted by molar-refractivity contribution is -0.145. The third kappa shape index (κ3) is 3.70. The molecule has 2 aromatic rings. The molecule has 0 amide bonds. The zero-order valence-electron chi connectivity index (χ0n) is 14.4. The first-order valence-electron chi connectivity index (χ1n) is 8.39. The van der Waals surface area contributed by atoms with Crippen LogP contribution in [0.3, 0.4) is 0 Å². The van der Waals surface area contributed by atoms with E-state index in [1.54, 1.807) is 17.4 Å². The van der Waals surface area contributed by atoms with Crippen molar-refractivity contribution in [2.75, 3.05) is 13.7 Å². The van der Waals surface area contributed by atoms with Gasteiger partial charge in [-0.05, 0) is 56.1 Å². The van der Waals surface area contributed by atoms with Crippen molar-refractivity contribution in [1.82, 2.24) is 4.90 Å². The SMILES string of the molecule is COc1ccc(C(c2ccc(C)s2)N2CCCCC2C(=O)O)cc1F. The highest BCUT2D eigenvalue weighted by atomic mass is 32.1. The van der Waals surface area contributed by atoms with E-state index >= 15 is 0 Å². The second-order valence-electron chi connectivity index (χ2n) is 6.33. The molecule has 6 heteroatoms. The fourth-order valence-corrected chi connectivity index (χ4v) is 4.53. The molecular formula is C19H22FNO3S. The molecule has 134 valence electrons. The topological polar surface area (TPSA) is 49.8 Å². The Balaban J connectivity index is 2.06. The van der Waals surface area contributed by atoms with Crippen molar-refractivity contribution < 1.29 is 19.0 Å². The highest BCUT2D eigenvalue weighted by molar-refractivity contribution is 7.12. The molecule has 2 atom stereocenters. The second kappa shape index (κ2) is 7.54. The average molecular weight is 363 g/mol. The monoisotopic (exact) mass is 363 g/mol. The van der Waals surface area contributed by atoms with Gasteiger partial charge in [0.05, 0.1) is 13.2 Å². The minimum absolute atomic E-state index is 0.193. The van der Waals surface area contributed by atoms with Gasteiger partial charge in [-0.3, -0.25) is 9.69 Å². The van der Waals surface area contributed by atoms with E-state index in [2.05, 4.69) is 0 Å². The zero-order valence-corrected chi connectivity index (χ0v) is 15.2. The molecule has 4 nitrogen and oxygen atoms in total. The Morgan fingerprint density at radius 1 is 1.36 bits per heavy atom. The number of methoxy groups -OCH3 is 1. The van der Waals surface area contributed by atoms with Crippen LogP contribution < -0.4 is 4.74 Å². The molecular weight excluding hydrogens is 341 g/mol. The predicted molar refractivity (Wildman–Crippen MR) is 95.8 cm³/mol. The first kappa shape index (κ1) is 17.9. The van der Waals surface area contributed by atoms with E-state index in [1.165, 1.54) is 13.2 Å². The maximum absolute atomic E-state index is 14.3. The molecule has 0 saturated carbocycles. The normalized spacial score (nSPS) is 19.6. The van der Waals surface area contributed by atoms with Crippen molar-refractivity contribution >= 4 is 17.3 Å². The van der Waals surface area contributed by atoms with Crippen LogP contribution in [0.25, 0.3) is 0 Å².